The van der Waals surface area contributed by atoms with E-state index in [0.717, 1.165) is 141 Å². The molecule has 0 aliphatic heterocycles. The second-order valence-corrected chi connectivity index (χ2v) is 24.8. The topological polar surface area (TPSA) is 231 Å². The lowest BCUT2D eigenvalue weighted by atomic mass is 10.1. The van der Waals surface area contributed by atoms with Gasteiger partial charge in [-0.05, 0) is 135 Å². The van der Waals surface area contributed by atoms with Crippen LogP contribution in [0, 0.1) is 0 Å². The SMILES string of the molecule is CC/C=C\C/C=C\C/C=C\C/C=C\C/C=C\CCCCCC(=O)OCC(O)COP(=O)(O)OCC(O)COP(=O)(O)OCC(COC(=O)CCCCC/C=C\C/C=C\C/C=C\C/C=C\C/C=C\CC)OC(=O)CCCCCCC/C=C\CCCCCCCC. The Morgan fingerprint density at radius 1 is 0.326 bits per heavy atom. The third kappa shape index (κ3) is 65.0. The van der Waals surface area contributed by atoms with Crippen molar-refractivity contribution in [2.45, 2.75) is 257 Å². The summed E-state index contributed by atoms with van der Waals surface area (Å²) in [6.07, 6.45) is 73.6. The van der Waals surface area contributed by atoms with Gasteiger partial charge in [-0.25, -0.2) is 9.13 Å². The first-order chi connectivity index (χ1) is 43.2. The molecule has 89 heavy (non-hydrogen) atoms. The Kier molecular flexibility index (Phi) is 60.7. The van der Waals surface area contributed by atoms with Crippen LogP contribution in [0.2, 0.25) is 0 Å². The summed E-state index contributed by atoms with van der Waals surface area (Å²) < 4.78 is 60.8. The first kappa shape index (κ1) is 84.7. The molecule has 5 unspecified atom stereocenters. The molecule has 0 fully saturated rings. The van der Waals surface area contributed by atoms with Gasteiger partial charge in [-0.15, -0.1) is 0 Å². The lowest BCUT2D eigenvalue weighted by Crippen LogP contribution is -2.30. The zero-order valence-electron chi connectivity index (χ0n) is 54.8. The van der Waals surface area contributed by atoms with Gasteiger partial charge in [0.15, 0.2) is 6.10 Å². The van der Waals surface area contributed by atoms with Crippen molar-refractivity contribution in [3.63, 3.8) is 0 Å². The van der Waals surface area contributed by atoms with E-state index in [1.165, 1.54) is 38.5 Å². The molecule has 0 saturated carbocycles. The van der Waals surface area contributed by atoms with Gasteiger partial charge in [0.05, 0.1) is 26.4 Å². The second-order valence-electron chi connectivity index (χ2n) is 21.9. The zero-order valence-corrected chi connectivity index (χ0v) is 56.6. The third-order valence-corrected chi connectivity index (χ3v) is 15.2. The number of aliphatic hydroxyl groups is 2. The van der Waals surface area contributed by atoms with E-state index >= 15 is 0 Å². The van der Waals surface area contributed by atoms with Crippen LogP contribution in [0.1, 0.15) is 239 Å². The number of phosphoric ester groups is 2. The summed E-state index contributed by atoms with van der Waals surface area (Å²) in [5.74, 6) is -1.66. The largest absolute Gasteiger partial charge is 0.472 e. The molecule has 0 bridgehead atoms. The summed E-state index contributed by atoms with van der Waals surface area (Å²) in [7, 11) is -9.80. The number of carbonyl (C=O) groups is 3. The maximum Gasteiger partial charge on any atom is 0.472 e. The van der Waals surface area contributed by atoms with Crippen LogP contribution >= 0.6 is 15.6 Å². The molecule has 0 aromatic heterocycles. The Labute approximate surface area is 537 Å². The van der Waals surface area contributed by atoms with Crippen molar-refractivity contribution < 1.29 is 75.8 Å². The van der Waals surface area contributed by atoms with Crippen molar-refractivity contribution in [1.29, 1.82) is 0 Å². The van der Waals surface area contributed by atoms with Crippen LogP contribution in [0.25, 0.3) is 0 Å². The molecule has 0 saturated heterocycles. The number of carbonyl (C=O) groups excluding carboxylic acids is 3. The van der Waals surface area contributed by atoms with Gasteiger partial charge in [0, 0.05) is 19.3 Å². The fourth-order valence-electron chi connectivity index (χ4n) is 8.26. The van der Waals surface area contributed by atoms with E-state index < -0.39 is 91.5 Å². The van der Waals surface area contributed by atoms with E-state index in [2.05, 4.69) is 154 Å². The van der Waals surface area contributed by atoms with Crippen LogP contribution in [0.4, 0.5) is 0 Å². The summed E-state index contributed by atoms with van der Waals surface area (Å²) in [5, 5.41) is 20.5. The number of unbranched alkanes of at least 4 members (excludes halogenated alkanes) is 17. The highest BCUT2D eigenvalue weighted by Crippen LogP contribution is 2.45. The molecule has 4 N–H and O–H groups in total. The molecule has 0 aliphatic carbocycles. The fraction of sp³-hybridized carbons (Fsp3) is 0.648. The van der Waals surface area contributed by atoms with Gasteiger partial charge in [0.2, 0.25) is 0 Å². The van der Waals surface area contributed by atoms with E-state index in [0.29, 0.717) is 19.3 Å². The van der Waals surface area contributed by atoms with Crippen molar-refractivity contribution >= 4 is 33.6 Å². The number of ether oxygens (including phenoxy) is 3. The minimum atomic E-state index is -4.94. The van der Waals surface area contributed by atoms with E-state index in [1.807, 2.05) is 0 Å². The van der Waals surface area contributed by atoms with Crippen LogP contribution < -0.4 is 0 Å². The highest BCUT2D eigenvalue weighted by atomic mass is 31.2. The van der Waals surface area contributed by atoms with Gasteiger partial charge in [-0.2, -0.15) is 0 Å². The lowest BCUT2D eigenvalue weighted by Gasteiger charge is -2.21. The number of allylic oxidation sites excluding steroid dienone is 22. The monoisotopic (exact) mass is 1290 g/mol. The maximum atomic E-state index is 12.9. The Morgan fingerprint density at radius 2 is 0.596 bits per heavy atom. The van der Waals surface area contributed by atoms with Crippen LogP contribution in [0.3, 0.4) is 0 Å². The minimum Gasteiger partial charge on any atom is -0.463 e. The van der Waals surface area contributed by atoms with Crippen LogP contribution in [-0.2, 0) is 55.8 Å². The molecule has 0 aromatic carbocycles. The summed E-state index contributed by atoms with van der Waals surface area (Å²) >= 11 is 0. The molecule has 508 valence electrons. The standard InChI is InChI=1S/C71H118O16P2/c1-4-7-10-13-16-19-22-25-28-30-32-34-37-39-42-45-48-51-54-57-69(74)81-60-66(72)61-83-88(77,78)84-62-67(73)63-85-89(79,80)86-65-68(87-71(76)59-56-53-50-47-44-41-36-27-24-21-18-15-12-9-6-3)64-82-70(75)58-55-52-49-46-43-40-38-35-33-31-29-26-23-20-17-14-11-8-5-2/h7-8,10-11,16-17,19-20,25-29,32-36,39-40,42-43,66-68,72-73H,4-6,9,12-15,18,21-24,30-31,37-38,41,44-65H2,1-3H3,(H,77,78)(H,79,80)/b10-7-,11-8-,19-16-,20-17-,28-25-,29-26-,34-32-,35-33-,36-27-,42-39-,43-40-. The quantitative estimate of drug-likeness (QED) is 0.0146. The average Bonchev–Trinajstić information content (AvgIpc) is 3.54. The molecule has 0 aromatic rings. The summed E-state index contributed by atoms with van der Waals surface area (Å²) in [5.41, 5.74) is 0. The van der Waals surface area contributed by atoms with Gasteiger partial charge in [0.25, 0.3) is 0 Å². The molecular weight excluding hydrogens is 1170 g/mol. The maximum absolute atomic E-state index is 12.9. The van der Waals surface area contributed by atoms with Gasteiger partial charge >= 0.3 is 33.6 Å². The second kappa shape index (κ2) is 63.8. The van der Waals surface area contributed by atoms with Gasteiger partial charge in [-0.3, -0.25) is 32.5 Å². The molecule has 18 heteroatoms. The minimum absolute atomic E-state index is 0.0825. The van der Waals surface area contributed by atoms with Crippen LogP contribution in [-0.4, -0.2) is 95.9 Å². The molecule has 0 spiro atoms. The Balaban J connectivity index is 4.77. The molecule has 0 radical (unpaired) electrons. The van der Waals surface area contributed by atoms with Crippen molar-refractivity contribution in [2.75, 3.05) is 39.6 Å². The molecule has 16 nitrogen and oxygen atoms in total. The number of phosphoric acid groups is 2. The van der Waals surface area contributed by atoms with Crippen molar-refractivity contribution in [1.82, 2.24) is 0 Å². The predicted molar refractivity (Wildman–Crippen MR) is 362 cm³/mol. The van der Waals surface area contributed by atoms with E-state index in [-0.39, 0.29) is 19.3 Å². The Bertz CT molecular complexity index is 2160. The predicted octanol–water partition coefficient (Wildman–Crippen LogP) is 18.4. The van der Waals surface area contributed by atoms with Gasteiger partial charge < -0.3 is 34.2 Å². The molecule has 0 heterocycles. The van der Waals surface area contributed by atoms with E-state index in [4.69, 9.17) is 32.3 Å². The van der Waals surface area contributed by atoms with Crippen molar-refractivity contribution in [2.24, 2.45) is 0 Å². The number of hydrogen-bond acceptors (Lipinski definition) is 14. The van der Waals surface area contributed by atoms with Gasteiger partial charge in [-0.1, -0.05) is 219 Å². The first-order valence-corrected chi connectivity index (χ1v) is 36.5. The summed E-state index contributed by atoms with van der Waals surface area (Å²) in [6.45, 7) is 2.32. The lowest BCUT2D eigenvalue weighted by molar-refractivity contribution is -0.161. The molecule has 0 amide bonds. The van der Waals surface area contributed by atoms with E-state index in [9.17, 15) is 43.5 Å². The number of aliphatic hydroxyl groups excluding tert-OH is 2. The number of rotatable bonds is 62. The third-order valence-electron chi connectivity index (χ3n) is 13.3. The Morgan fingerprint density at radius 3 is 0.966 bits per heavy atom. The highest BCUT2D eigenvalue weighted by molar-refractivity contribution is 7.47. The normalized spacial score (nSPS) is 15.1. The molecular formula is C71H118O16P2. The smallest absolute Gasteiger partial charge is 0.463 e. The van der Waals surface area contributed by atoms with Crippen molar-refractivity contribution in [3.8, 4) is 0 Å². The fourth-order valence-corrected chi connectivity index (χ4v) is 9.85. The zero-order chi connectivity index (χ0) is 65.3. The first-order valence-electron chi connectivity index (χ1n) is 33.5. The number of hydrogen-bond donors (Lipinski definition) is 4. The van der Waals surface area contributed by atoms with Crippen LogP contribution in [0.5, 0.6) is 0 Å². The van der Waals surface area contributed by atoms with Crippen molar-refractivity contribution in [3.05, 3.63) is 134 Å². The highest BCUT2D eigenvalue weighted by Gasteiger charge is 2.29. The summed E-state index contributed by atoms with van der Waals surface area (Å²) in [4.78, 5) is 58.3. The molecule has 5 atom stereocenters. The van der Waals surface area contributed by atoms with E-state index in [1.54, 1.807) is 0 Å². The number of esters is 3. The Hall–Kier alpha value is -4.31. The molecule has 0 rings (SSSR count). The summed E-state index contributed by atoms with van der Waals surface area (Å²) in [6, 6.07) is 0. The molecule has 0 aliphatic rings. The van der Waals surface area contributed by atoms with Crippen LogP contribution in [0.15, 0.2) is 134 Å². The average molecular weight is 1290 g/mol. The van der Waals surface area contributed by atoms with Gasteiger partial charge in [0.1, 0.15) is 25.4 Å².